The van der Waals surface area contributed by atoms with Gasteiger partial charge in [-0.25, -0.2) is 12.8 Å². The van der Waals surface area contributed by atoms with E-state index in [0.717, 1.165) is 42.3 Å². The third-order valence-corrected chi connectivity index (χ3v) is 7.89. The molecular weight excluding hydrogens is 403 g/mol. The minimum absolute atomic E-state index is 0.122. The third kappa shape index (κ3) is 5.02. The van der Waals surface area contributed by atoms with Gasteiger partial charge in [-0.3, -0.25) is 0 Å². The first kappa shape index (κ1) is 21.3. The van der Waals surface area contributed by atoms with E-state index in [2.05, 4.69) is 5.32 Å². The predicted octanol–water partition coefficient (Wildman–Crippen LogP) is 3.73. The minimum Gasteiger partial charge on any atom is -0.494 e. The van der Waals surface area contributed by atoms with Crippen molar-refractivity contribution < 1.29 is 17.5 Å². The molecular formula is C23H29FN2O3S. The number of benzene rings is 2. The minimum atomic E-state index is -3.65. The van der Waals surface area contributed by atoms with Crippen LogP contribution in [0, 0.1) is 11.7 Å². The van der Waals surface area contributed by atoms with Crippen molar-refractivity contribution >= 4 is 10.0 Å². The quantitative estimate of drug-likeness (QED) is 0.678. The van der Waals surface area contributed by atoms with Crippen molar-refractivity contribution in [2.75, 3.05) is 26.2 Å². The Bertz CT molecular complexity index is 957. The Hall–Kier alpha value is -1.96. The highest BCUT2D eigenvalue weighted by molar-refractivity contribution is 7.89. The van der Waals surface area contributed by atoms with Crippen LogP contribution in [0.15, 0.2) is 47.4 Å². The molecule has 0 aliphatic carbocycles. The van der Waals surface area contributed by atoms with Crippen LogP contribution in [0.25, 0.3) is 0 Å². The summed E-state index contributed by atoms with van der Waals surface area (Å²) in [7, 11) is -3.65. The van der Waals surface area contributed by atoms with Gasteiger partial charge in [0.25, 0.3) is 0 Å². The Balaban J connectivity index is 1.36. The fourth-order valence-corrected chi connectivity index (χ4v) is 5.71. The van der Waals surface area contributed by atoms with Gasteiger partial charge in [-0.15, -0.1) is 0 Å². The maximum Gasteiger partial charge on any atom is 0.243 e. The van der Waals surface area contributed by atoms with E-state index in [1.807, 2.05) is 18.2 Å². The number of hydrogen-bond acceptors (Lipinski definition) is 4. The average molecular weight is 433 g/mol. The van der Waals surface area contributed by atoms with E-state index in [0.29, 0.717) is 26.1 Å². The van der Waals surface area contributed by atoms with Gasteiger partial charge in [-0.05, 0) is 98.6 Å². The first-order chi connectivity index (χ1) is 14.5. The largest absolute Gasteiger partial charge is 0.494 e. The van der Waals surface area contributed by atoms with Crippen LogP contribution in [0.1, 0.15) is 36.8 Å². The van der Waals surface area contributed by atoms with Crippen molar-refractivity contribution in [2.24, 2.45) is 5.92 Å². The summed E-state index contributed by atoms with van der Waals surface area (Å²) in [6.07, 6.45) is 5.40. The molecule has 1 atom stereocenters. The summed E-state index contributed by atoms with van der Waals surface area (Å²) >= 11 is 0. The van der Waals surface area contributed by atoms with Crippen LogP contribution in [0.5, 0.6) is 5.75 Å². The van der Waals surface area contributed by atoms with Crippen LogP contribution in [-0.2, 0) is 23.0 Å². The van der Waals surface area contributed by atoms with Gasteiger partial charge in [-0.2, -0.15) is 4.31 Å². The van der Waals surface area contributed by atoms with Crippen molar-refractivity contribution in [2.45, 2.75) is 43.5 Å². The lowest BCUT2D eigenvalue weighted by Crippen LogP contribution is -2.36. The molecule has 30 heavy (non-hydrogen) atoms. The highest BCUT2D eigenvalue weighted by atomic mass is 32.2. The van der Waals surface area contributed by atoms with E-state index in [9.17, 15) is 12.8 Å². The summed E-state index contributed by atoms with van der Waals surface area (Å²) in [4.78, 5) is 0.122. The van der Waals surface area contributed by atoms with Crippen LogP contribution in [0.3, 0.4) is 0 Å². The second-order valence-electron chi connectivity index (χ2n) is 8.18. The maximum absolute atomic E-state index is 13.2. The van der Waals surface area contributed by atoms with E-state index < -0.39 is 15.8 Å². The van der Waals surface area contributed by atoms with E-state index in [-0.39, 0.29) is 4.90 Å². The van der Waals surface area contributed by atoms with Gasteiger partial charge in [0, 0.05) is 13.1 Å². The summed E-state index contributed by atoms with van der Waals surface area (Å²) in [5.41, 5.74) is 2.13. The molecule has 0 saturated carbocycles. The van der Waals surface area contributed by atoms with E-state index in [4.69, 9.17) is 4.74 Å². The Labute approximate surface area is 178 Å². The number of hydrogen-bond donors (Lipinski definition) is 1. The van der Waals surface area contributed by atoms with Crippen LogP contribution < -0.4 is 10.1 Å². The van der Waals surface area contributed by atoms with Crippen LogP contribution in [0.2, 0.25) is 0 Å². The lowest BCUT2D eigenvalue weighted by atomic mass is 9.95. The molecule has 5 nitrogen and oxygen atoms in total. The molecule has 1 unspecified atom stereocenters. The summed E-state index contributed by atoms with van der Waals surface area (Å²) in [6, 6.07) is 11.0. The highest BCUT2D eigenvalue weighted by Crippen LogP contribution is 2.28. The van der Waals surface area contributed by atoms with Gasteiger partial charge in [0.15, 0.2) is 0 Å². The summed E-state index contributed by atoms with van der Waals surface area (Å²) in [6.45, 7) is 3.64. The van der Waals surface area contributed by atoms with E-state index in [1.165, 1.54) is 47.8 Å². The van der Waals surface area contributed by atoms with Gasteiger partial charge < -0.3 is 10.1 Å². The van der Waals surface area contributed by atoms with Gasteiger partial charge in [0.05, 0.1) is 11.5 Å². The molecule has 2 aromatic rings. The molecule has 0 aromatic heterocycles. The Morgan fingerprint density at radius 1 is 1.13 bits per heavy atom. The zero-order valence-electron chi connectivity index (χ0n) is 17.1. The Kier molecular flexibility index (Phi) is 6.71. The molecule has 2 aliphatic rings. The molecule has 0 radical (unpaired) electrons. The molecule has 0 bridgehead atoms. The molecule has 2 heterocycles. The zero-order chi connectivity index (χ0) is 21.0. The smallest absolute Gasteiger partial charge is 0.243 e. The van der Waals surface area contributed by atoms with Gasteiger partial charge in [0.2, 0.25) is 10.0 Å². The zero-order valence-corrected chi connectivity index (χ0v) is 18.0. The standard InChI is InChI=1S/C23H29FN2O3S/c24-21-6-9-23(10-7-21)30(27,28)26-13-11-19-5-8-22(15-20(19)17-26)29-14-2-4-18-3-1-12-25-16-18/h5-10,15,18,25H,1-4,11-14,16-17H2. The van der Waals surface area contributed by atoms with Gasteiger partial charge in [-0.1, -0.05) is 6.07 Å². The van der Waals surface area contributed by atoms with E-state index in [1.54, 1.807) is 0 Å². The van der Waals surface area contributed by atoms with Crippen molar-refractivity contribution in [3.8, 4) is 5.75 Å². The number of nitrogens with zero attached hydrogens (tertiary/aromatic N) is 1. The Morgan fingerprint density at radius 3 is 2.73 bits per heavy atom. The Morgan fingerprint density at radius 2 is 1.97 bits per heavy atom. The topological polar surface area (TPSA) is 58.6 Å². The number of piperidine rings is 1. The number of ether oxygens (including phenoxy) is 1. The van der Waals surface area contributed by atoms with E-state index >= 15 is 0 Å². The van der Waals surface area contributed by atoms with Crippen molar-refractivity contribution in [3.63, 3.8) is 0 Å². The summed E-state index contributed by atoms with van der Waals surface area (Å²) < 4.78 is 46.4. The third-order valence-electron chi connectivity index (χ3n) is 6.03. The average Bonchev–Trinajstić information content (AvgIpc) is 2.77. The monoisotopic (exact) mass is 432 g/mol. The number of sulfonamides is 1. The van der Waals surface area contributed by atoms with Crippen LogP contribution in [0.4, 0.5) is 4.39 Å². The molecule has 1 N–H and O–H groups in total. The highest BCUT2D eigenvalue weighted by Gasteiger charge is 2.28. The maximum atomic E-state index is 13.2. The number of rotatable bonds is 7. The van der Waals surface area contributed by atoms with Crippen molar-refractivity contribution in [1.82, 2.24) is 9.62 Å². The summed E-state index contributed by atoms with van der Waals surface area (Å²) in [5.74, 6) is 1.09. The van der Waals surface area contributed by atoms with Gasteiger partial charge in [0.1, 0.15) is 11.6 Å². The lowest BCUT2D eigenvalue weighted by molar-refractivity contribution is 0.275. The fraction of sp³-hybridized carbons (Fsp3) is 0.478. The second-order valence-corrected chi connectivity index (χ2v) is 10.1. The summed E-state index contributed by atoms with van der Waals surface area (Å²) in [5, 5.41) is 3.45. The molecule has 1 saturated heterocycles. The molecule has 2 aromatic carbocycles. The lowest BCUT2D eigenvalue weighted by Gasteiger charge is -2.28. The molecule has 1 fully saturated rings. The van der Waals surface area contributed by atoms with Gasteiger partial charge >= 0.3 is 0 Å². The second kappa shape index (κ2) is 9.45. The molecule has 7 heteroatoms. The number of halogens is 1. The molecule has 2 aliphatic heterocycles. The molecule has 4 rings (SSSR count). The number of nitrogens with one attached hydrogen (secondary N) is 1. The first-order valence-electron chi connectivity index (χ1n) is 10.7. The predicted molar refractivity (Wildman–Crippen MR) is 114 cm³/mol. The number of fused-ring (bicyclic) bond motifs is 1. The SMILES string of the molecule is O=S(=O)(c1ccc(F)cc1)N1CCc2ccc(OCCCC3CCCNC3)cc2C1. The first-order valence-corrected chi connectivity index (χ1v) is 12.2. The van der Waals surface area contributed by atoms with Crippen LogP contribution in [-0.4, -0.2) is 39.0 Å². The molecule has 0 spiro atoms. The van der Waals surface area contributed by atoms with Crippen molar-refractivity contribution in [3.05, 3.63) is 59.4 Å². The fourth-order valence-electron chi connectivity index (χ4n) is 4.29. The van der Waals surface area contributed by atoms with Crippen molar-refractivity contribution in [1.29, 1.82) is 0 Å². The normalized spacial score (nSPS) is 20.0. The van der Waals surface area contributed by atoms with Crippen LogP contribution >= 0.6 is 0 Å². The molecule has 162 valence electrons. The molecule has 0 amide bonds.